The van der Waals surface area contributed by atoms with E-state index in [-0.39, 0.29) is 11.1 Å². The summed E-state index contributed by atoms with van der Waals surface area (Å²) >= 11 is 3.38. The molecule has 4 aromatic rings. The first-order valence-corrected chi connectivity index (χ1v) is 8.29. The number of nitrogens with zero attached hydrogens (tertiary/aromatic N) is 1. The Morgan fingerprint density at radius 2 is 1.00 bits per heavy atom. The van der Waals surface area contributed by atoms with E-state index in [4.69, 9.17) is 0 Å². The minimum Gasteiger partial charge on any atom is -0.268 e. The van der Waals surface area contributed by atoms with Crippen LogP contribution in [0.3, 0.4) is 0 Å². The molecule has 0 atom stereocenters. The second-order valence-corrected chi connectivity index (χ2v) is 6.43. The molecule has 0 aliphatic heterocycles. The molecule has 0 N–H and O–H groups in total. The van der Waals surface area contributed by atoms with E-state index in [1.807, 2.05) is 48.5 Å². The second kappa shape index (κ2) is 5.73. The van der Waals surface area contributed by atoms with Gasteiger partial charge in [-0.3, -0.25) is 9.59 Å². The van der Waals surface area contributed by atoms with E-state index in [0.717, 1.165) is 15.2 Å². The summed E-state index contributed by atoms with van der Waals surface area (Å²) in [6, 6.07) is 21.8. The molecule has 0 aliphatic carbocycles. The highest BCUT2D eigenvalue weighted by Gasteiger charge is 2.11. The summed E-state index contributed by atoms with van der Waals surface area (Å²) in [6.45, 7) is 0. The summed E-state index contributed by atoms with van der Waals surface area (Å²) in [4.78, 5) is 26.2. The fourth-order valence-electron chi connectivity index (χ4n) is 2.97. The van der Waals surface area contributed by atoms with Gasteiger partial charge in [0.2, 0.25) is 0 Å². The van der Waals surface area contributed by atoms with Crippen molar-refractivity contribution in [3.05, 3.63) is 98.0 Å². The Hall–Kier alpha value is -2.72. The lowest BCUT2D eigenvalue weighted by atomic mass is 10.1. The third-order valence-electron chi connectivity index (χ3n) is 4.10. The van der Waals surface area contributed by atoms with Gasteiger partial charge in [0.15, 0.2) is 0 Å². The van der Waals surface area contributed by atoms with Gasteiger partial charge in [0.1, 0.15) is 0 Å². The summed E-state index contributed by atoms with van der Waals surface area (Å²) in [6.07, 6.45) is 0. The number of fused-ring (bicyclic) bond motifs is 3. The first kappa shape index (κ1) is 14.8. The first-order chi connectivity index (χ1) is 11.7. The van der Waals surface area contributed by atoms with Crippen molar-refractivity contribution in [1.29, 1.82) is 0 Å². The van der Waals surface area contributed by atoms with Gasteiger partial charge in [0, 0.05) is 15.2 Å². The third-order valence-corrected chi connectivity index (χ3v) is 4.62. The van der Waals surface area contributed by atoms with Gasteiger partial charge in [-0.1, -0.05) is 52.3 Å². The van der Waals surface area contributed by atoms with Gasteiger partial charge in [0.05, 0.1) is 5.69 Å². The summed E-state index contributed by atoms with van der Waals surface area (Å²) in [5.74, 6) is 0. The summed E-state index contributed by atoms with van der Waals surface area (Å²) in [7, 11) is 0. The molecule has 116 valence electrons. The molecule has 0 saturated carbocycles. The van der Waals surface area contributed by atoms with Crippen LogP contribution in [0.25, 0.3) is 27.2 Å². The molecule has 0 saturated heterocycles. The summed E-state index contributed by atoms with van der Waals surface area (Å²) in [5.41, 5.74) is -0.0667. The number of aromatic nitrogens is 1. The number of hydrogen-bond acceptors (Lipinski definition) is 2. The highest BCUT2D eigenvalue weighted by Crippen LogP contribution is 2.20. The van der Waals surface area contributed by atoms with Crippen molar-refractivity contribution in [1.82, 2.24) is 4.57 Å². The van der Waals surface area contributed by atoms with E-state index >= 15 is 0 Å². The van der Waals surface area contributed by atoms with Crippen molar-refractivity contribution in [2.24, 2.45) is 0 Å². The Morgan fingerprint density at radius 3 is 1.46 bits per heavy atom. The Kier molecular flexibility index (Phi) is 3.54. The molecule has 0 amide bonds. The molecule has 4 heteroatoms. The molecular weight excluding hydrogens is 366 g/mol. The molecular formula is C20H12BrNO2. The topological polar surface area (TPSA) is 39.1 Å². The normalized spacial score (nSPS) is 11.0. The van der Waals surface area contributed by atoms with Crippen LogP contribution in [0.5, 0.6) is 0 Å². The van der Waals surface area contributed by atoms with Gasteiger partial charge in [0.25, 0.3) is 11.1 Å². The van der Waals surface area contributed by atoms with Crippen LogP contribution in [0.1, 0.15) is 0 Å². The minimum atomic E-state index is -0.311. The van der Waals surface area contributed by atoms with Crippen molar-refractivity contribution in [3.8, 4) is 5.69 Å². The maximum Gasteiger partial charge on any atom is 0.265 e. The Labute approximate surface area is 145 Å². The van der Waals surface area contributed by atoms with Crippen molar-refractivity contribution >= 4 is 37.5 Å². The Bertz CT molecular complexity index is 1120. The number of hydrogen-bond donors (Lipinski definition) is 0. The van der Waals surface area contributed by atoms with Gasteiger partial charge in [-0.05, 0) is 47.2 Å². The van der Waals surface area contributed by atoms with Crippen molar-refractivity contribution < 1.29 is 0 Å². The number of benzene rings is 3. The molecule has 0 fully saturated rings. The standard InChI is InChI=1S/C20H12BrNO2/c21-13-9-11-14(12-10-13)22-19(23)17-7-3-1-5-15(17)16-6-2-4-8-18(16)20(22)24/h1-12H. The highest BCUT2D eigenvalue weighted by atomic mass is 79.9. The molecule has 0 radical (unpaired) electrons. The predicted octanol–water partition coefficient (Wildman–Crippen LogP) is 4.27. The molecule has 4 rings (SSSR count). The van der Waals surface area contributed by atoms with Crippen LogP contribution in [0, 0.1) is 0 Å². The first-order valence-electron chi connectivity index (χ1n) is 7.49. The summed E-state index contributed by atoms with van der Waals surface area (Å²) < 4.78 is 2.14. The minimum absolute atomic E-state index is 0.311. The maximum absolute atomic E-state index is 13.1. The molecule has 1 heterocycles. The fraction of sp³-hybridized carbons (Fsp3) is 0. The van der Waals surface area contributed by atoms with E-state index < -0.39 is 0 Å². The molecule has 1 aromatic heterocycles. The van der Waals surface area contributed by atoms with Crippen molar-refractivity contribution in [2.45, 2.75) is 0 Å². The molecule has 3 nitrogen and oxygen atoms in total. The molecule has 0 unspecified atom stereocenters. The zero-order chi connectivity index (χ0) is 16.7. The van der Waals surface area contributed by atoms with E-state index in [1.54, 1.807) is 24.3 Å². The quantitative estimate of drug-likeness (QED) is 0.496. The zero-order valence-electron chi connectivity index (χ0n) is 12.6. The lowest BCUT2D eigenvalue weighted by Gasteiger charge is -2.02. The van der Waals surface area contributed by atoms with Crippen LogP contribution < -0.4 is 11.1 Å². The SMILES string of the molecule is O=c1c2ccccc2c2ccccc2c(=O)n1-c1ccc(Br)cc1. The van der Waals surface area contributed by atoms with Crippen LogP contribution in [0.15, 0.2) is 86.9 Å². The molecule has 24 heavy (non-hydrogen) atoms. The Morgan fingerprint density at radius 1 is 0.583 bits per heavy atom. The average Bonchev–Trinajstić information content (AvgIpc) is 2.71. The van der Waals surface area contributed by atoms with Crippen LogP contribution in [-0.4, -0.2) is 4.57 Å². The number of halogens is 1. The average molecular weight is 378 g/mol. The van der Waals surface area contributed by atoms with Crippen molar-refractivity contribution in [2.75, 3.05) is 0 Å². The van der Waals surface area contributed by atoms with Gasteiger partial charge >= 0.3 is 0 Å². The second-order valence-electron chi connectivity index (χ2n) is 5.51. The van der Waals surface area contributed by atoms with Crippen molar-refractivity contribution in [3.63, 3.8) is 0 Å². The number of rotatable bonds is 1. The van der Waals surface area contributed by atoms with Gasteiger partial charge < -0.3 is 0 Å². The Balaban J connectivity index is 2.32. The van der Waals surface area contributed by atoms with E-state index in [1.165, 1.54) is 4.57 Å². The molecule has 0 spiro atoms. The summed E-state index contributed by atoms with van der Waals surface area (Å²) in [5, 5.41) is 2.62. The van der Waals surface area contributed by atoms with Gasteiger partial charge in [-0.25, -0.2) is 4.57 Å². The van der Waals surface area contributed by atoms with Crippen LogP contribution >= 0.6 is 15.9 Å². The van der Waals surface area contributed by atoms with Gasteiger partial charge in [-0.2, -0.15) is 0 Å². The van der Waals surface area contributed by atoms with E-state index in [2.05, 4.69) is 15.9 Å². The lowest BCUT2D eigenvalue weighted by molar-refractivity contribution is 0.975. The molecule has 0 bridgehead atoms. The third kappa shape index (κ3) is 2.27. The van der Waals surface area contributed by atoms with Crippen LogP contribution in [0.2, 0.25) is 0 Å². The molecule has 0 aliphatic rings. The van der Waals surface area contributed by atoms with E-state index in [0.29, 0.717) is 16.5 Å². The predicted molar refractivity (Wildman–Crippen MR) is 101 cm³/mol. The van der Waals surface area contributed by atoms with Crippen LogP contribution in [-0.2, 0) is 0 Å². The largest absolute Gasteiger partial charge is 0.268 e. The van der Waals surface area contributed by atoms with Crippen LogP contribution in [0.4, 0.5) is 0 Å². The highest BCUT2D eigenvalue weighted by molar-refractivity contribution is 9.10. The smallest absolute Gasteiger partial charge is 0.265 e. The molecule has 3 aromatic carbocycles. The monoisotopic (exact) mass is 377 g/mol. The maximum atomic E-state index is 13.1. The lowest BCUT2D eigenvalue weighted by Crippen LogP contribution is -2.28. The van der Waals surface area contributed by atoms with E-state index in [9.17, 15) is 9.59 Å². The fourth-order valence-corrected chi connectivity index (χ4v) is 3.23. The van der Waals surface area contributed by atoms with Gasteiger partial charge in [-0.15, -0.1) is 0 Å². The zero-order valence-corrected chi connectivity index (χ0v) is 14.2.